The van der Waals surface area contributed by atoms with Gasteiger partial charge < -0.3 is 0 Å². The van der Waals surface area contributed by atoms with E-state index in [4.69, 9.17) is 5.26 Å². The van der Waals surface area contributed by atoms with Gasteiger partial charge in [0.1, 0.15) is 5.01 Å². The lowest BCUT2D eigenvalue weighted by atomic mass is 10.2. The number of thiazole rings is 1. The Morgan fingerprint density at radius 3 is 3.21 bits per heavy atom. The van der Waals surface area contributed by atoms with Gasteiger partial charge in [-0.05, 0) is 18.4 Å². The van der Waals surface area contributed by atoms with Crippen molar-refractivity contribution >= 4 is 23.6 Å². The van der Waals surface area contributed by atoms with Gasteiger partial charge in [0.2, 0.25) is 0 Å². The molecule has 0 unspecified atom stereocenters. The fraction of sp³-hybridized carbons (Fsp3) is 0.100. The molecule has 3 nitrogen and oxygen atoms in total. The monoisotopic (exact) mass is 203 g/mol. The van der Waals surface area contributed by atoms with Gasteiger partial charge in [-0.2, -0.15) is 5.26 Å². The third-order valence-corrected chi connectivity index (χ3v) is 2.34. The maximum absolute atomic E-state index is 8.47. The normalized spacial score (nSPS) is 9.93. The van der Waals surface area contributed by atoms with Gasteiger partial charge in [-0.1, -0.05) is 6.58 Å². The largest absolute Gasteiger partial charge is 0.272 e. The summed E-state index contributed by atoms with van der Waals surface area (Å²) < 4.78 is 0. The molecule has 0 atom stereocenters. The Bertz CT molecular complexity index is 409. The van der Waals surface area contributed by atoms with Crippen molar-refractivity contribution in [3.8, 4) is 6.07 Å². The minimum Gasteiger partial charge on any atom is -0.272 e. The molecule has 0 radical (unpaired) electrons. The Kier molecular flexibility index (Phi) is 3.77. The summed E-state index contributed by atoms with van der Waals surface area (Å²) in [6, 6.07) is 2.05. The van der Waals surface area contributed by atoms with Crippen molar-refractivity contribution in [3.05, 3.63) is 34.9 Å². The first-order chi connectivity index (χ1) is 6.77. The average molecular weight is 203 g/mol. The summed E-state index contributed by atoms with van der Waals surface area (Å²) in [7, 11) is 0. The number of allylic oxidation sites excluding steroid dienone is 2. The van der Waals surface area contributed by atoms with Crippen molar-refractivity contribution in [2.75, 3.05) is 0 Å². The van der Waals surface area contributed by atoms with Crippen molar-refractivity contribution in [1.82, 2.24) is 4.98 Å². The summed E-state index contributed by atoms with van der Waals surface area (Å²) >= 11 is 1.46. The van der Waals surface area contributed by atoms with Gasteiger partial charge in [0.05, 0.1) is 18.2 Å². The number of aliphatic imine (C=N–C) groups is 1. The first-order valence-corrected chi connectivity index (χ1v) is 4.79. The van der Waals surface area contributed by atoms with Crippen LogP contribution in [0.3, 0.4) is 0 Å². The van der Waals surface area contributed by atoms with E-state index >= 15 is 0 Å². The fourth-order valence-electron chi connectivity index (χ4n) is 0.835. The van der Waals surface area contributed by atoms with Gasteiger partial charge in [0.25, 0.3) is 0 Å². The summed E-state index contributed by atoms with van der Waals surface area (Å²) in [6.07, 6.45) is 3.64. The zero-order chi connectivity index (χ0) is 10.4. The van der Waals surface area contributed by atoms with Crippen LogP contribution in [0.4, 0.5) is 0 Å². The molecular weight excluding hydrogens is 194 g/mol. The van der Waals surface area contributed by atoms with Gasteiger partial charge in [0.15, 0.2) is 0 Å². The Morgan fingerprint density at radius 1 is 1.79 bits per heavy atom. The highest BCUT2D eigenvalue weighted by molar-refractivity contribution is 7.09. The van der Waals surface area contributed by atoms with E-state index in [1.165, 1.54) is 11.3 Å². The third-order valence-electron chi connectivity index (χ3n) is 1.49. The number of aromatic nitrogens is 1. The van der Waals surface area contributed by atoms with Crippen LogP contribution in [-0.2, 0) is 6.42 Å². The van der Waals surface area contributed by atoms with Gasteiger partial charge >= 0.3 is 0 Å². The molecule has 1 aromatic heterocycles. The number of hydrogen-bond donors (Lipinski definition) is 0. The number of nitriles is 1. The smallest absolute Gasteiger partial charge is 0.107 e. The summed E-state index contributed by atoms with van der Waals surface area (Å²) in [4.78, 5) is 7.81. The molecule has 0 aromatic carbocycles. The summed E-state index contributed by atoms with van der Waals surface area (Å²) in [6.45, 7) is 7.14. The molecule has 0 saturated carbocycles. The molecule has 1 aromatic rings. The SMILES string of the molecule is C=N/C=C\C(=C)c1csc(CC#N)n1. The van der Waals surface area contributed by atoms with E-state index in [0.717, 1.165) is 16.3 Å². The van der Waals surface area contributed by atoms with Crippen LogP contribution >= 0.6 is 11.3 Å². The molecule has 0 aliphatic heterocycles. The topological polar surface area (TPSA) is 49.0 Å². The summed E-state index contributed by atoms with van der Waals surface area (Å²) in [5, 5.41) is 11.2. The van der Waals surface area contributed by atoms with Crippen molar-refractivity contribution < 1.29 is 0 Å². The van der Waals surface area contributed by atoms with Crippen LogP contribution in [0.1, 0.15) is 10.7 Å². The van der Waals surface area contributed by atoms with Crippen LogP contribution in [0.15, 0.2) is 29.2 Å². The van der Waals surface area contributed by atoms with Gasteiger partial charge in [-0.25, -0.2) is 4.98 Å². The molecule has 0 aliphatic carbocycles. The molecule has 0 bridgehead atoms. The highest BCUT2D eigenvalue weighted by Gasteiger charge is 2.02. The minimum atomic E-state index is 0.349. The Labute approximate surface area is 86.8 Å². The molecular formula is C10H9N3S. The molecule has 0 N–H and O–H groups in total. The number of hydrogen-bond acceptors (Lipinski definition) is 4. The quantitative estimate of drug-likeness (QED) is 0.557. The molecule has 0 aliphatic rings. The van der Waals surface area contributed by atoms with Crippen molar-refractivity contribution in [2.24, 2.45) is 4.99 Å². The predicted octanol–water partition coefficient (Wildman–Crippen LogP) is 2.44. The van der Waals surface area contributed by atoms with Crippen LogP contribution in [0, 0.1) is 11.3 Å². The zero-order valence-electron chi connectivity index (χ0n) is 7.60. The summed E-state index contributed by atoms with van der Waals surface area (Å²) in [5.41, 5.74) is 1.57. The molecule has 4 heteroatoms. The minimum absolute atomic E-state index is 0.349. The van der Waals surface area contributed by atoms with Crippen molar-refractivity contribution in [3.63, 3.8) is 0 Å². The maximum atomic E-state index is 8.47. The van der Waals surface area contributed by atoms with Crippen molar-refractivity contribution in [1.29, 1.82) is 5.26 Å². The van der Waals surface area contributed by atoms with Gasteiger partial charge in [-0.3, -0.25) is 4.99 Å². The van der Waals surface area contributed by atoms with Gasteiger partial charge in [0, 0.05) is 11.6 Å². The zero-order valence-corrected chi connectivity index (χ0v) is 8.42. The first kappa shape index (κ1) is 10.4. The second-order valence-corrected chi connectivity index (χ2v) is 3.43. The molecule has 0 spiro atoms. The standard InChI is InChI=1S/C10H9N3S/c1-8(4-6-12-2)9-7-14-10(13-9)3-5-11/h4,6-7H,1-3H2/b6-4-. The molecule has 1 heterocycles. The van der Waals surface area contributed by atoms with E-state index in [1.54, 1.807) is 12.3 Å². The van der Waals surface area contributed by atoms with Crippen LogP contribution in [0.25, 0.3) is 5.57 Å². The Morgan fingerprint density at radius 2 is 2.57 bits per heavy atom. The summed E-state index contributed by atoms with van der Waals surface area (Å²) in [5.74, 6) is 0. The Balaban J connectivity index is 2.77. The lowest BCUT2D eigenvalue weighted by Gasteiger charge is -1.90. The molecule has 1 rings (SSSR count). The van der Waals surface area contributed by atoms with E-state index in [2.05, 4.69) is 29.3 Å². The van der Waals surface area contributed by atoms with Crippen LogP contribution in [0.2, 0.25) is 0 Å². The van der Waals surface area contributed by atoms with E-state index in [1.807, 2.05) is 5.38 Å². The second-order valence-electron chi connectivity index (χ2n) is 2.48. The van der Waals surface area contributed by atoms with Crippen LogP contribution in [0.5, 0.6) is 0 Å². The average Bonchev–Trinajstić information content (AvgIpc) is 2.63. The lowest BCUT2D eigenvalue weighted by Crippen LogP contribution is -1.82. The van der Waals surface area contributed by atoms with Crippen molar-refractivity contribution in [2.45, 2.75) is 6.42 Å². The van der Waals surface area contributed by atoms with E-state index in [-0.39, 0.29) is 0 Å². The number of nitrogens with zero attached hydrogens (tertiary/aromatic N) is 3. The lowest BCUT2D eigenvalue weighted by molar-refractivity contribution is 1.17. The number of rotatable bonds is 4. The Hall–Kier alpha value is -1.73. The molecule has 0 saturated heterocycles. The van der Waals surface area contributed by atoms with E-state index in [9.17, 15) is 0 Å². The first-order valence-electron chi connectivity index (χ1n) is 3.91. The van der Waals surface area contributed by atoms with E-state index < -0.39 is 0 Å². The maximum Gasteiger partial charge on any atom is 0.107 e. The molecule has 0 amide bonds. The predicted molar refractivity (Wildman–Crippen MR) is 59.2 cm³/mol. The highest BCUT2D eigenvalue weighted by Crippen LogP contribution is 2.17. The fourth-order valence-corrected chi connectivity index (χ4v) is 1.59. The molecule has 14 heavy (non-hydrogen) atoms. The third kappa shape index (κ3) is 2.64. The van der Waals surface area contributed by atoms with Crippen LogP contribution in [-0.4, -0.2) is 11.7 Å². The second kappa shape index (κ2) is 5.10. The van der Waals surface area contributed by atoms with Crippen LogP contribution < -0.4 is 0 Å². The van der Waals surface area contributed by atoms with E-state index in [0.29, 0.717) is 6.42 Å². The molecule has 70 valence electrons. The highest BCUT2D eigenvalue weighted by atomic mass is 32.1. The molecule has 0 fully saturated rings. The van der Waals surface area contributed by atoms with Gasteiger partial charge in [-0.15, -0.1) is 11.3 Å².